The lowest BCUT2D eigenvalue weighted by Crippen LogP contribution is -2.05. The van der Waals surface area contributed by atoms with Crippen LogP contribution in [0.5, 0.6) is 0 Å². The van der Waals surface area contributed by atoms with E-state index in [0.29, 0.717) is 5.92 Å². The quantitative estimate of drug-likeness (QED) is 0.609. The normalized spacial score (nSPS) is 12.8. The van der Waals surface area contributed by atoms with Crippen LogP contribution < -0.4 is 5.32 Å². The molecule has 0 radical (unpaired) electrons. The van der Waals surface area contributed by atoms with Gasteiger partial charge >= 0.3 is 0 Å². The van der Waals surface area contributed by atoms with Crippen LogP contribution in [0.3, 0.4) is 0 Å². The molecular formula is C16H23NO. The zero-order chi connectivity index (χ0) is 13.5. The van der Waals surface area contributed by atoms with Crippen molar-refractivity contribution in [3.8, 4) is 0 Å². The summed E-state index contributed by atoms with van der Waals surface area (Å²) in [5.41, 5.74) is 3.32. The van der Waals surface area contributed by atoms with Crippen LogP contribution in [0.4, 0.5) is 5.69 Å². The summed E-state index contributed by atoms with van der Waals surface area (Å²) in [6, 6.07) is 8.32. The maximum atomic E-state index is 5.44. The van der Waals surface area contributed by atoms with Crippen molar-refractivity contribution in [1.29, 1.82) is 0 Å². The first-order valence-electron chi connectivity index (χ1n) is 6.33. The van der Waals surface area contributed by atoms with Gasteiger partial charge in [0.25, 0.3) is 0 Å². The van der Waals surface area contributed by atoms with E-state index in [9.17, 15) is 0 Å². The summed E-state index contributed by atoms with van der Waals surface area (Å²) in [7, 11) is 1.70. The van der Waals surface area contributed by atoms with E-state index in [1.807, 2.05) is 13.0 Å². The number of ether oxygens (including phenoxy) is 1. The van der Waals surface area contributed by atoms with Crippen LogP contribution in [0.15, 0.2) is 47.9 Å². The molecule has 0 unspecified atom stereocenters. The van der Waals surface area contributed by atoms with Gasteiger partial charge in [-0.25, -0.2) is 0 Å². The summed E-state index contributed by atoms with van der Waals surface area (Å²) in [4.78, 5) is 0. The Morgan fingerprint density at radius 1 is 1.22 bits per heavy atom. The molecule has 1 rings (SSSR count). The van der Waals surface area contributed by atoms with E-state index >= 15 is 0 Å². The zero-order valence-corrected chi connectivity index (χ0v) is 11.9. The number of rotatable bonds is 5. The second kappa shape index (κ2) is 6.90. The number of hydrogen-bond donors (Lipinski definition) is 1. The third-order valence-corrected chi connectivity index (χ3v) is 2.59. The van der Waals surface area contributed by atoms with E-state index in [0.717, 1.165) is 17.1 Å². The molecule has 0 saturated heterocycles. The maximum absolute atomic E-state index is 5.44. The summed E-state index contributed by atoms with van der Waals surface area (Å²) in [5, 5.41) is 3.38. The van der Waals surface area contributed by atoms with Gasteiger partial charge in [0.05, 0.1) is 12.8 Å². The van der Waals surface area contributed by atoms with Gasteiger partial charge in [-0.3, -0.25) is 0 Å². The van der Waals surface area contributed by atoms with Crippen molar-refractivity contribution >= 4 is 5.69 Å². The average Bonchev–Trinajstić information content (AvgIpc) is 2.35. The molecule has 2 heteroatoms. The number of nitrogens with one attached hydrogen (secondary N) is 1. The van der Waals surface area contributed by atoms with E-state index < -0.39 is 0 Å². The SMILES string of the molecule is C/C=C(Nc1ccc(C)cc1)\C(=C/C(C)C)OC. The van der Waals surface area contributed by atoms with Gasteiger partial charge in [-0.2, -0.15) is 0 Å². The molecule has 1 aromatic carbocycles. The summed E-state index contributed by atoms with van der Waals surface area (Å²) in [5.74, 6) is 1.34. The van der Waals surface area contributed by atoms with Crippen LogP contribution in [0.1, 0.15) is 26.3 Å². The molecule has 0 aliphatic heterocycles. The van der Waals surface area contributed by atoms with Gasteiger partial charge in [0.2, 0.25) is 0 Å². The monoisotopic (exact) mass is 245 g/mol. The first kappa shape index (κ1) is 14.4. The fraction of sp³-hybridized carbons (Fsp3) is 0.375. The lowest BCUT2D eigenvalue weighted by Gasteiger charge is -2.14. The van der Waals surface area contributed by atoms with Gasteiger partial charge in [-0.1, -0.05) is 37.6 Å². The minimum Gasteiger partial charge on any atom is -0.495 e. The first-order valence-corrected chi connectivity index (χ1v) is 6.33. The van der Waals surface area contributed by atoms with Crippen molar-refractivity contribution in [3.63, 3.8) is 0 Å². The highest BCUT2D eigenvalue weighted by atomic mass is 16.5. The van der Waals surface area contributed by atoms with Crippen LogP contribution >= 0.6 is 0 Å². The highest BCUT2D eigenvalue weighted by Gasteiger charge is 2.05. The molecule has 2 nitrogen and oxygen atoms in total. The van der Waals surface area contributed by atoms with Gasteiger partial charge in [0.15, 0.2) is 0 Å². The fourth-order valence-electron chi connectivity index (χ4n) is 1.64. The molecule has 0 saturated carbocycles. The van der Waals surface area contributed by atoms with E-state index in [2.05, 4.69) is 56.4 Å². The molecule has 0 bridgehead atoms. The molecule has 0 aromatic heterocycles. The fourth-order valence-corrected chi connectivity index (χ4v) is 1.64. The molecule has 1 aromatic rings. The molecular weight excluding hydrogens is 222 g/mol. The lowest BCUT2D eigenvalue weighted by molar-refractivity contribution is 0.297. The zero-order valence-electron chi connectivity index (χ0n) is 11.9. The van der Waals surface area contributed by atoms with Crippen molar-refractivity contribution in [2.75, 3.05) is 12.4 Å². The van der Waals surface area contributed by atoms with E-state index in [-0.39, 0.29) is 0 Å². The average molecular weight is 245 g/mol. The van der Waals surface area contributed by atoms with E-state index in [4.69, 9.17) is 4.74 Å². The van der Waals surface area contributed by atoms with Gasteiger partial charge in [-0.05, 0) is 38.0 Å². The highest BCUT2D eigenvalue weighted by Crippen LogP contribution is 2.18. The third-order valence-electron chi connectivity index (χ3n) is 2.59. The Morgan fingerprint density at radius 3 is 2.28 bits per heavy atom. The van der Waals surface area contributed by atoms with Gasteiger partial charge in [-0.15, -0.1) is 0 Å². The Labute approximate surface area is 110 Å². The van der Waals surface area contributed by atoms with Gasteiger partial charge in [0.1, 0.15) is 5.76 Å². The molecule has 0 fully saturated rings. The molecule has 98 valence electrons. The first-order chi connectivity index (χ1) is 8.56. The van der Waals surface area contributed by atoms with Crippen molar-refractivity contribution in [1.82, 2.24) is 0 Å². The van der Waals surface area contributed by atoms with Crippen LogP contribution in [-0.4, -0.2) is 7.11 Å². The van der Waals surface area contributed by atoms with Gasteiger partial charge in [0, 0.05) is 5.69 Å². The Kier molecular flexibility index (Phi) is 5.50. The number of hydrogen-bond acceptors (Lipinski definition) is 2. The summed E-state index contributed by atoms with van der Waals surface area (Å²) in [6.45, 7) is 8.36. The summed E-state index contributed by atoms with van der Waals surface area (Å²) >= 11 is 0. The number of benzene rings is 1. The Balaban J connectivity index is 2.88. The topological polar surface area (TPSA) is 21.3 Å². The predicted molar refractivity (Wildman–Crippen MR) is 78.5 cm³/mol. The highest BCUT2D eigenvalue weighted by molar-refractivity contribution is 5.52. The molecule has 0 aliphatic carbocycles. The standard InChI is InChI=1S/C16H23NO/c1-6-15(16(18-5)11-12(2)3)17-14-9-7-13(4)8-10-14/h6-12,17H,1-5H3/b15-6+,16-11+. The van der Waals surface area contributed by atoms with Crippen molar-refractivity contribution in [3.05, 3.63) is 53.4 Å². The molecule has 0 aliphatic rings. The molecule has 0 spiro atoms. The Hall–Kier alpha value is -1.70. The van der Waals surface area contributed by atoms with Crippen molar-refractivity contribution in [2.24, 2.45) is 5.92 Å². The van der Waals surface area contributed by atoms with Crippen molar-refractivity contribution < 1.29 is 4.74 Å². The number of allylic oxidation sites excluding steroid dienone is 2. The third kappa shape index (κ3) is 4.28. The van der Waals surface area contributed by atoms with Crippen LogP contribution in [0.25, 0.3) is 0 Å². The van der Waals surface area contributed by atoms with Crippen LogP contribution in [0.2, 0.25) is 0 Å². The van der Waals surface area contributed by atoms with Crippen LogP contribution in [-0.2, 0) is 4.74 Å². The van der Waals surface area contributed by atoms with Crippen LogP contribution in [0, 0.1) is 12.8 Å². The van der Waals surface area contributed by atoms with Gasteiger partial charge < -0.3 is 10.1 Å². The van der Waals surface area contributed by atoms with E-state index in [1.165, 1.54) is 5.56 Å². The summed E-state index contributed by atoms with van der Waals surface area (Å²) in [6.07, 6.45) is 4.13. The van der Waals surface area contributed by atoms with Crippen molar-refractivity contribution in [2.45, 2.75) is 27.7 Å². The number of anilines is 1. The maximum Gasteiger partial charge on any atom is 0.138 e. The second-order valence-electron chi connectivity index (χ2n) is 4.67. The number of methoxy groups -OCH3 is 1. The molecule has 1 N–H and O–H groups in total. The molecule has 0 amide bonds. The van der Waals surface area contributed by atoms with E-state index in [1.54, 1.807) is 7.11 Å². The lowest BCUT2D eigenvalue weighted by atomic mass is 10.1. The molecule has 0 heterocycles. The second-order valence-corrected chi connectivity index (χ2v) is 4.67. The Bertz CT molecular complexity index is 427. The number of aryl methyl sites for hydroxylation is 1. The minimum absolute atomic E-state index is 0.453. The minimum atomic E-state index is 0.453. The molecule has 18 heavy (non-hydrogen) atoms. The largest absolute Gasteiger partial charge is 0.495 e. The summed E-state index contributed by atoms with van der Waals surface area (Å²) < 4.78 is 5.44. The predicted octanol–water partition coefficient (Wildman–Crippen LogP) is 4.50. The molecule has 0 atom stereocenters. The smallest absolute Gasteiger partial charge is 0.138 e. The Morgan fingerprint density at radius 2 is 1.83 bits per heavy atom.